The smallest absolute Gasteiger partial charge is 0.251 e. The molecule has 0 saturated heterocycles. The predicted molar refractivity (Wildman–Crippen MR) is 87.8 cm³/mol. The lowest BCUT2D eigenvalue weighted by molar-refractivity contribution is 0.0953. The maximum Gasteiger partial charge on any atom is 0.251 e. The first-order valence-electron chi connectivity index (χ1n) is 7.61. The highest BCUT2D eigenvalue weighted by Crippen LogP contribution is 2.16. The highest BCUT2D eigenvalue weighted by Gasteiger charge is 2.10. The van der Waals surface area contributed by atoms with Gasteiger partial charge in [-0.15, -0.1) is 0 Å². The van der Waals surface area contributed by atoms with Crippen LogP contribution in [0.15, 0.2) is 36.4 Å². The van der Waals surface area contributed by atoms with Crippen LogP contribution in [0.2, 0.25) is 0 Å². The van der Waals surface area contributed by atoms with E-state index in [0.29, 0.717) is 13.0 Å². The molecule has 0 bridgehead atoms. The zero-order chi connectivity index (χ0) is 17.3. The quantitative estimate of drug-likeness (QED) is 0.799. The Hall–Kier alpha value is -2.76. The molecular formula is C18H17F2N3O. The van der Waals surface area contributed by atoms with Crippen LogP contribution in [-0.4, -0.2) is 22.0 Å². The number of nitrogens with one attached hydrogen (secondary N) is 1. The summed E-state index contributed by atoms with van der Waals surface area (Å²) in [7, 11) is 1.96. The van der Waals surface area contributed by atoms with E-state index in [0.717, 1.165) is 34.6 Å². The van der Waals surface area contributed by atoms with Gasteiger partial charge in [-0.05, 0) is 49.2 Å². The molecule has 1 heterocycles. The van der Waals surface area contributed by atoms with Crippen molar-refractivity contribution in [3.8, 4) is 0 Å². The second-order valence-electron chi connectivity index (χ2n) is 5.68. The number of aryl methyl sites for hydroxylation is 2. The second-order valence-corrected chi connectivity index (χ2v) is 5.68. The molecule has 2 aromatic carbocycles. The Bertz CT molecular complexity index is 918. The Morgan fingerprint density at radius 2 is 1.96 bits per heavy atom. The summed E-state index contributed by atoms with van der Waals surface area (Å²) in [6.07, 6.45) is 0.626. The minimum Gasteiger partial charge on any atom is -0.352 e. The molecule has 0 aliphatic carbocycles. The number of halogens is 2. The lowest BCUT2D eigenvalue weighted by Crippen LogP contribution is -2.25. The van der Waals surface area contributed by atoms with E-state index < -0.39 is 17.5 Å². The predicted octanol–water partition coefficient (Wildman–Crippen LogP) is 3.13. The van der Waals surface area contributed by atoms with Gasteiger partial charge in [-0.2, -0.15) is 0 Å². The van der Waals surface area contributed by atoms with Gasteiger partial charge < -0.3 is 9.88 Å². The molecule has 0 unspecified atom stereocenters. The summed E-state index contributed by atoms with van der Waals surface area (Å²) in [5, 5.41) is 2.71. The van der Waals surface area contributed by atoms with E-state index in [-0.39, 0.29) is 5.56 Å². The molecule has 124 valence electrons. The summed E-state index contributed by atoms with van der Waals surface area (Å²) < 4.78 is 28.0. The van der Waals surface area contributed by atoms with Gasteiger partial charge in [0.2, 0.25) is 0 Å². The van der Waals surface area contributed by atoms with Crippen LogP contribution in [0.5, 0.6) is 0 Å². The van der Waals surface area contributed by atoms with Crippen LogP contribution >= 0.6 is 0 Å². The van der Waals surface area contributed by atoms with Gasteiger partial charge in [0.25, 0.3) is 5.91 Å². The molecule has 0 fully saturated rings. The van der Waals surface area contributed by atoms with Gasteiger partial charge in [-0.1, -0.05) is 6.07 Å². The number of aromatic nitrogens is 2. The fourth-order valence-electron chi connectivity index (χ4n) is 2.58. The van der Waals surface area contributed by atoms with Crippen LogP contribution in [0.25, 0.3) is 11.0 Å². The standard InChI is InChI=1S/C18H17F2N3O/c1-11-22-16-9-12(3-6-17(16)23(11)2)7-8-21-18(24)13-4-5-14(19)15(20)10-13/h3-6,9-10H,7-8H2,1-2H3,(H,21,24). The molecule has 0 atom stereocenters. The van der Waals surface area contributed by atoms with Gasteiger partial charge in [0.05, 0.1) is 11.0 Å². The van der Waals surface area contributed by atoms with Crippen molar-refractivity contribution in [2.45, 2.75) is 13.3 Å². The third kappa shape index (κ3) is 3.13. The number of carbonyl (C=O) groups excluding carboxylic acids is 1. The van der Waals surface area contributed by atoms with E-state index >= 15 is 0 Å². The lowest BCUT2D eigenvalue weighted by Gasteiger charge is -2.06. The Morgan fingerprint density at radius 3 is 2.71 bits per heavy atom. The molecule has 0 saturated carbocycles. The minimum atomic E-state index is -1.03. The van der Waals surface area contributed by atoms with Gasteiger partial charge >= 0.3 is 0 Å². The van der Waals surface area contributed by atoms with Gasteiger partial charge in [-0.3, -0.25) is 4.79 Å². The Kier molecular flexibility index (Phi) is 4.29. The van der Waals surface area contributed by atoms with E-state index in [9.17, 15) is 13.6 Å². The Labute approximate surface area is 138 Å². The summed E-state index contributed by atoms with van der Waals surface area (Å²) in [5.41, 5.74) is 3.12. The first-order chi connectivity index (χ1) is 11.5. The topological polar surface area (TPSA) is 46.9 Å². The van der Waals surface area contributed by atoms with Crippen molar-refractivity contribution in [2.24, 2.45) is 7.05 Å². The number of rotatable bonds is 4. The van der Waals surface area contributed by atoms with Crippen LogP contribution in [0.1, 0.15) is 21.7 Å². The van der Waals surface area contributed by atoms with Crippen molar-refractivity contribution in [2.75, 3.05) is 6.54 Å². The van der Waals surface area contributed by atoms with Crippen molar-refractivity contribution < 1.29 is 13.6 Å². The molecule has 0 aliphatic rings. The second kappa shape index (κ2) is 6.39. The SMILES string of the molecule is Cc1nc2cc(CCNC(=O)c3ccc(F)c(F)c3)ccc2n1C. The van der Waals surface area contributed by atoms with Gasteiger partial charge in [0.1, 0.15) is 5.82 Å². The molecule has 0 radical (unpaired) electrons. The summed E-state index contributed by atoms with van der Waals surface area (Å²) >= 11 is 0. The number of hydrogen-bond donors (Lipinski definition) is 1. The first kappa shape index (κ1) is 16.1. The Balaban J connectivity index is 1.63. The molecule has 0 aliphatic heterocycles. The largest absolute Gasteiger partial charge is 0.352 e. The molecule has 3 aromatic rings. The van der Waals surface area contributed by atoms with E-state index in [1.807, 2.05) is 36.7 Å². The number of hydrogen-bond acceptors (Lipinski definition) is 2. The molecule has 3 rings (SSSR count). The number of carbonyl (C=O) groups is 1. The van der Waals surface area contributed by atoms with Crippen molar-refractivity contribution in [3.05, 3.63) is 65.0 Å². The average Bonchev–Trinajstić information content (AvgIpc) is 2.84. The van der Waals surface area contributed by atoms with Crippen molar-refractivity contribution in [3.63, 3.8) is 0 Å². The van der Waals surface area contributed by atoms with Crippen LogP contribution in [-0.2, 0) is 13.5 Å². The summed E-state index contributed by atoms with van der Waals surface area (Å²) in [4.78, 5) is 16.4. The third-order valence-corrected chi connectivity index (χ3v) is 4.05. The molecule has 1 aromatic heterocycles. The van der Waals surface area contributed by atoms with Crippen LogP contribution in [0.4, 0.5) is 8.78 Å². The molecular weight excluding hydrogens is 312 g/mol. The summed E-state index contributed by atoms with van der Waals surface area (Å²) in [6, 6.07) is 9.09. The highest BCUT2D eigenvalue weighted by molar-refractivity contribution is 5.94. The van der Waals surface area contributed by atoms with Gasteiger partial charge in [0, 0.05) is 19.2 Å². The number of benzene rings is 2. The van der Waals surface area contributed by atoms with Crippen LogP contribution in [0.3, 0.4) is 0 Å². The first-order valence-corrected chi connectivity index (χ1v) is 7.61. The zero-order valence-electron chi connectivity index (χ0n) is 13.4. The monoisotopic (exact) mass is 329 g/mol. The van der Waals surface area contributed by atoms with Crippen molar-refractivity contribution in [1.82, 2.24) is 14.9 Å². The fourth-order valence-corrected chi connectivity index (χ4v) is 2.58. The molecule has 1 amide bonds. The number of amides is 1. The van der Waals surface area contributed by atoms with Gasteiger partial charge in [-0.25, -0.2) is 13.8 Å². The van der Waals surface area contributed by atoms with E-state index in [2.05, 4.69) is 10.3 Å². The van der Waals surface area contributed by atoms with Crippen molar-refractivity contribution >= 4 is 16.9 Å². The molecule has 0 spiro atoms. The molecule has 1 N–H and O–H groups in total. The maximum absolute atomic E-state index is 13.1. The van der Waals surface area contributed by atoms with E-state index in [1.165, 1.54) is 6.07 Å². The van der Waals surface area contributed by atoms with Crippen LogP contribution in [0, 0.1) is 18.6 Å². The number of fused-ring (bicyclic) bond motifs is 1. The number of imidazole rings is 1. The maximum atomic E-state index is 13.1. The molecule has 6 heteroatoms. The van der Waals surface area contributed by atoms with Crippen LogP contribution < -0.4 is 5.32 Å². The van der Waals surface area contributed by atoms with Crippen molar-refractivity contribution in [1.29, 1.82) is 0 Å². The summed E-state index contributed by atoms with van der Waals surface area (Å²) in [5.74, 6) is -1.48. The lowest BCUT2D eigenvalue weighted by atomic mass is 10.1. The van der Waals surface area contributed by atoms with E-state index in [4.69, 9.17) is 0 Å². The minimum absolute atomic E-state index is 0.102. The molecule has 4 nitrogen and oxygen atoms in total. The summed E-state index contributed by atoms with van der Waals surface area (Å²) in [6.45, 7) is 2.34. The zero-order valence-corrected chi connectivity index (χ0v) is 13.4. The van der Waals surface area contributed by atoms with E-state index in [1.54, 1.807) is 0 Å². The fraction of sp³-hybridized carbons (Fsp3) is 0.222. The number of nitrogens with zero attached hydrogens (tertiary/aromatic N) is 2. The molecule has 24 heavy (non-hydrogen) atoms. The normalized spacial score (nSPS) is 11.0. The average molecular weight is 329 g/mol. The Morgan fingerprint density at radius 1 is 1.17 bits per heavy atom. The van der Waals surface area contributed by atoms with Gasteiger partial charge in [0.15, 0.2) is 11.6 Å². The highest BCUT2D eigenvalue weighted by atomic mass is 19.2. The third-order valence-electron chi connectivity index (χ3n) is 4.05.